The molecule has 0 radical (unpaired) electrons. The highest BCUT2D eigenvalue weighted by atomic mass is 16.2. The number of ketones is 1. The van der Waals surface area contributed by atoms with E-state index in [1.807, 2.05) is 29.2 Å². The van der Waals surface area contributed by atoms with E-state index in [1.54, 1.807) is 23.9 Å². The van der Waals surface area contributed by atoms with Crippen molar-refractivity contribution in [3.8, 4) is 0 Å². The van der Waals surface area contributed by atoms with Crippen LogP contribution in [0, 0.1) is 0 Å². The predicted molar refractivity (Wildman–Crippen MR) is 97.7 cm³/mol. The molecule has 2 amide bonds. The van der Waals surface area contributed by atoms with Gasteiger partial charge in [-0.25, -0.2) is 0 Å². The summed E-state index contributed by atoms with van der Waals surface area (Å²) >= 11 is 0. The molecule has 0 atom stereocenters. The van der Waals surface area contributed by atoms with E-state index in [-0.39, 0.29) is 17.6 Å². The maximum atomic E-state index is 12.4. The summed E-state index contributed by atoms with van der Waals surface area (Å²) in [4.78, 5) is 37.5. The lowest BCUT2D eigenvalue weighted by atomic mass is 10.1. The molecule has 136 valence electrons. The lowest BCUT2D eigenvalue weighted by molar-refractivity contribution is -0.128. The number of benzene rings is 1. The molecule has 1 fully saturated rings. The first-order valence-electron chi connectivity index (χ1n) is 8.75. The second-order valence-corrected chi connectivity index (χ2v) is 6.70. The smallest absolute Gasteiger partial charge is 0.268 e. The Balaban J connectivity index is 1.62. The second kappa shape index (κ2) is 7.56. The summed E-state index contributed by atoms with van der Waals surface area (Å²) in [6.07, 6.45) is 3.22. The van der Waals surface area contributed by atoms with Crippen LogP contribution in [-0.4, -0.2) is 33.6 Å². The van der Waals surface area contributed by atoms with Crippen LogP contribution in [0.4, 0.5) is 0 Å². The van der Waals surface area contributed by atoms with Crippen molar-refractivity contribution in [1.29, 1.82) is 0 Å². The molecule has 1 aliphatic rings. The Labute approximate surface area is 152 Å². The Morgan fingerprint density at radius 3 is 2.62 bits per heavy atom. The number of rotatable bonds is 6. The zero-order valence-electron chi connectivity index (χ0n) is 15.1. The first-order valence-corrected chi connectivity index (χ1v) is 8.75. The average Bonchev–Trinajstić information content (AvgIpc) is 3.19. The molecule has 0 unspecified atom stereocenters. The molecule has 1 N–H and O–H groups in total. The third-order valence-electron chi connectivity index (χ3n) is 4.63. The van der Waals surface area contributed by atoms with Gasteiger partial charge in [-0.15, -0.1) is 0 Å². The Hall–Kier alpha value is -2.89. The van der Waals surface area contributed by atoms with Crippen molar-refractivity contribution in [1.82, 2.24) is 14.8 Å². The predicted octanol–water partition coefficient (Wildman–Crippen LogP) is 2.28. The van der Waals surface area contributed by atoms with Crippen molar-refractivity contribution in [2.45, 2.75) is 32.9 Å². The highest BCUT2D eigenvalue weighted by Crippen LogP contribution is 2.15. The first kappa shape index (κ1) is 17.9. The van der Waals surface area contributed by atoms with Gasteiger partial charge in [0, 0.05) is 44.9 Å². The molecule has 1 saturated heterocycles. The van der Waals surface area contributed by atoms with Crippen LogP contribution in [0.3, 0.4) is 0 Å². The monoisotopic (exact) mass is 353 g/mol. The second-order valence-electron chi connectivity index (χ2n) is 6.70. The summed E-state index contributed by atoms with van der Waals surface area (Å²) in [6.45, 7) is 3.29. The molecule has 1 aromatic heterocycles. The zero-order valence-corrected chi connectivity index (χ0v) is 15.1. The van der Waals surface area contributed by atoms with Gasteiger partial charge in [-0.2, -0.15) is 0 Å². The molecule has 26 heavy (non-hydrogen) atoms. The van der Waals surface area contributed by atoms with Crippen molar-refractivity contribution in [3.05, 3.63) is 58.9 Å². The van der Waals surface area contributed by atoms with Crippen molar-refractivity contribution in [3.63, 3.8) is 0 Å². The highest BCUT2D eigenvalue weighted by Gasteiger charge is 2.20. The molecule has 6 heteroatoms. The largest absolute Gasteiger partial charge is 0.347 e. The number of hydrogen-bond donors (Lipinski definition) is 1. The SMILES string of the molecule is CC(=O)c1cc(C(=O)NCc2cccc(CN3CCCC3=O)c2)n(C)c1. The number of carbonyl (C=O) groups excluding carboxylic acids is 3. The van der Waals surface area contributed by atoms with E-state index >= 15 is 0 Å². The molecule has 2 aromatic rings. The number of hydrogen-bond acceptors (Lipinski definition) is 3. The van der Waals surface area contributed by atoms with Gasteiger partial charge in [0.2, 0.25) is 5.91 Å². The van der Waals surface area contributed by atoms with E-state index in [0.717, 1.165) is 24.1 Å². The van der Waals surface area contributed by atoms with Crippen LogP contribution < -0.4 is 5.32 Å². The molecule has 2 heterocycles. The van der Waals surface area contributed by atoms with Crippen LogP contribution in [-0.2, 0) is 24.9 Å². The first-order chi connectivity index (χ1) is 12.4. The molecule has 0 bridgehead atoms. The average molecular weight is 353 g/mol. The summed E-state index contributed by atoms with van der Waals surface area (Å²) in [5.41, 5.74) is 3.01. The Kier molecular flexibility index (Phi) is 5.21. The Morgan fingerprint density at radius 2 is 1.96 bits per heavy atom. The van der Waals surface area contributed by atoms with Crippen LogP contribution in [0.2, 0.25) is 0 Å². The van der Waals surface area contributed by atoms with Crippen LogP contribution in [0.1, 0.15) is 51.7 Å². The minimum Gasteiger partial charge on any atom is -0.347 e. The minimum absolute atomic E-state index is 0.0659. The van der Waals surface area contributed by atoms with Crippen LogP contribution >= 0.6 is 0 Å². The van der Waals surface area contributed by atoms with E-state index in [1.165, 1.54) is 6.92 Å². The fourth-order valence-electron chi connectivity index (χ4n) is 3.19. The number of amides is 2. The standard InChI is InChI=1S/C20H23N3O3/c1-14(24)17-10-18(22(2)13-17)20(26)21-11-15-5-3-6-16(9-15)12-23-8-4-7-19(23)25/h3,5-6,9-10,13H,4,7-8,11-12H2,1-2H3,(H,21,26). The van der Waals surface area contributed by atoms with Crippen molar-refractivity contribution in [2.75, 3.05) is 6.54 Å². The molecular formula is C20H23N3O3. The molecule has 6 nitrogen and oxygen atoms in total. The summed E-state index contributed by atoms with van der Waals surface area (Å²) in [7, 11) is 1.75. The maximum Gasteiger partial charge on any atom is 0.268 e. The van der Waals surface area contributed by atoms with Gasteiger partial charge >= 0.3 is 0 Å². The molecule has 3 rings (SSSR count). The summed E-state index contributed by atoms with van der Waals surface area (Å²) in [5, 5.41) is 2.89. The molecule has 0 spiro atoms. The van der Waals surface area contributed by atoms with E-state index in [9.17, 15) is 14.4 Å². The lowest BCUT2D eigenvalue weighted by Crippen LogP contribution is -2.25. The molecule has 1 aromatic carbocycles. The van der Waals surface area contributed by atoms with E-state index < -0.39 is 0 Å². The van der Waals surface area contributed by atoms with Gasteiger partial charge in [-0.1, -0.05) is 24.3 Å². The Bertz CT molecular complexity index is 854. The van der Waals surface area contributed by atoms with Gasteiger partial charge in [0.15, 0.2) is 5.78 Å². The van der Waals surface area contributed by atoms with Gasteiger partial charge in [0.25, 0.3) is 5.91 Å². The number of nitrogens with one attached hydrogen (secondary N) is 1. The van der Waals surface area contributed by atoms with Crippen molar-refractivity contribution in [2.24, 2.45) is 7.05 Å². The van der Waals surface area contributed by atoms with E-state index in [4.69, 9.17) is 0 Å². The third kappa shape index (κ3) is 4.02. The summed E-state index contributed by atoms with van der Waals surface area (Å²) in [5.74, 6) is -0.0855. The lowest BCUT2D eigenvalue weighted by Gasteiger charge is -2.16. The Morgan fingerprint density at radius 1 is 1.19 bits per heavy atom. The van der Waals surface area contributed by atoms with E-state index in [2.05, 4.69) is 5.32 Å². The van der Waals surface area contributed by atoms with Crippen molar-refractivity contribution >= 4 is 17.6 Å². The van der Waals surface area contributed by atoms with Gasteiger partial charge in [-0.05, 0) is 30.5 Å². The number of carbonyl (C=O) groups is 3. The quantitative estimate of drug-likeness (QED) is 0.810. The normalized spacial score (nSPS) is 13.9. The number of nitrogens with zero attached hydrogens (tertiary/aromatic N) is 2. The fraction of sp³-hybridized carbons (Fsp3) is 0.350. The molecule has 0 aliphatic carbocycles. The molecular weight excluding hydrogens is 330 g/mol. The van der Waals surface area contributed by atoms with Gasteiger partial charge in [-0.3, -0.25) is 14.4 Å². The van der Waals surface area contributed by atoms with Crippen LogP contribution in [0.25, 0.3) is 0 Å². The fourth-order valence-corrected chi connectivity index (χ4v) is 3.19. The van der Waals surface area contributed by atoms with Crippen LogP contribution in [0.15, 0.2) is 36.5 Å². The number of Topliss-reactive ketones (excluding diaryl/α,β-unsaturated/α-hetero) is 1. The van der Waals surface area contributed by atoms with E-state index in [0.29, 0.717) is 30.8 Å². The van der Waals surface area contributed by atoms with Crippen molar-refractivity contribution < 1.29 is 14.4 Å². The minimum atomic E-state index is -0.222. The van der Waals surface area contributed by atoms with Gasteiger partial charge < -0.3 is 14.8 Å². The molecule has 1 aliphatic heterocycles. The topological polar surface area (TPSA) is 71.4 Å². The maximum absolute atomic E-state index is 12.4. The summed E-state index contributed by atoms with van der Waals surface area (Å²) < 4.78 is 1.65. The van der Waals surface area contributed by atoms with Gasteiger partial charge in [0.1, 0.15) is 5.69 Å². The van der Waals surface area contributed by atoms with Gasteiger partial charge in [0.05, 0.1) is 0 Å². The summed E-state index contributed by atoms with van der Waals surface area (Å²) in [6, 6.07) is 9.49. The highest BCUT2D eigenvalue weighted by molar-refractivity contribution is 5.99. The zero-order chi connectivity index (χ0) is 18.7. The number of aromatic nitrogens is 1. The van der Waals surface area contributed by atoms with Crippen LogP contribution in [0.5, 0.6) is 0 Å². The number of likely N-dealkylation sites (tertiary alicyclic amines) is 1. The number of aryl methyl sites for hydroxylation is 1. The molecule has 0 saturated carbocycles. The third-order valence-corrected chi connectivity index (χ3v) is 4.63.